The molecule has 0 spiro atoms. The average Bonchev–Trinajstić information content (AvgIpc) is 2.52. The predicted octanol–water partition coefficient (Wildman–Crippen LogP) is 1.95. The zero-order valence-electron chi connectivity index (χ0n) is 17.4. The molecule has 0 radical (unpaired) electrons. The van der Waals surface area contributed by atoms with Crippen LogP contribution in [0.4, 0.5) is 4.79 Å². The summed E-state index contributed by atoms with van der Waals surface area (Å²) in [5.74, 6) is -0.180. The number of hydrogen-bond acceptors (Lipinski definition) is 4. The van der Waals surface area contributed by atoms with Crippen molar-refractivity contribution in [1.82, 2.24) is 16.0 Å². The number of nitrogens with two attached hydrogens (primary N) is 1. The van der Waals surface area contributed by atoms with Crippen LogP contribution in [0.2, 0.25) is 0 Å². The van der Waals surface area contributed by atoms with E-state index in [0.29, 0.717) is 19.4 Å². The first kappa shape index (κ1) is 24.4. The molecule has 0 heterocycles. The Morgan fingerprint density at radius 1 is 1.08 bits per heavy atom. The van der Waals surface area contributed by atoms with Gasteiger partial charge in [0.1, 0.15) is 0 Å². The molecule has 0 aromatic heterocycles. The third-order valence-electron chi connectivity index (χ3n) is 4.26. The second-order valence-electron chi connectivity index (χ2n) is 8.32. The first-order valence-electron chi connectivity index (χ1n) is 9.54. The Morgan fingerprint density at radius 3 is 2.08 bits per heavy atom. The van der Waals surface area contributed by atoms with Gasteiger partial charge >= 0.3 is 6.03 Å². The molecular formula is C19H38N4O3. The molecule has 3 amide bonds. The third kappa shape index (κ3) is 9.75. The number of rotatable bonds is 11. The van der Waals surface area contributed by atoms with Crippen LogP contribution in [0.15, 0.2) is 0 Å². The van der Waals surface area contributed by atoms with Crippen LogP contribution in [-0.4, -0.2) is 41.9 Å². The molecule has 3 unspecified atom stereocenters. The quantitative estimate of drug-likeness (QED) is 0.416. The van der Waals surface area contributed by atoms with E-state index >= 15 is 0 Å². The van der Waals surface area contributed by atoms with E-state index in [0.717, 1.165) is 6.42 Å². The number of Topliss-reactive ketones (excluding diaryl/α,β-unsaturated/α-hetero) is 1. The van der Waals surface area contributed by atoms with Gasteiger partial charge in [0.15, 0.2) is 5.78 Å². The molecular weight excluding hydrogens is 332 g/mol. The summed E-state index contributed by atoms with van der Waals surface area (Å²) in [4.78, 5) is 36.3. The smallest absolute Gasteiger partial charge is 0.312 e. The van der Waals surface area contributed by atoms with Crippen LogP contribution < -0.4 is 21.7 Å². The Balaban J connectivity index is 5.08. The molecule has 152 valence electrons. The lowest BCUT2D eigenvalue weighted by atomic mass is 9.93. The Labute approximate surface area is 158 Å². The molecule has 26 heavy (non-hydrogen) atoms. The molecule has 0 saturated heterocycles. The molecule has 0 aliphatic rings. The highest BCUT2D eigenvalue weighted by atomic mass is 16.2. The summed E-state index contributed by atoms with van der Waals surface area (Å²) in [6.45, 7) is 14.2. The van der Waals surface area contributed by atoms with Crippen LogP contribution in [0, 0.1) is 11.8 Å². The summed E-state index contributed by atoms with van der Waals surface area (Å²) in [5.41, 5.74) is 4.84. The summed E-state index contributed by atoms with van der Waals surface area (Å²) < 4.78 is 0. The molecule has 0 fully saturated rings. The lowest BCUT2D eigenvalue weighted by molar-refractivity contribution is -0.131. The molecule has 0 bridgehead atoms. The minimum Gasteiger partial charge on any atom is -0.352 e. The highest BCUT2D eigenvalue weighted by Crippen LogP contribution is 2.13. The molecule has 3 atom stereocenters. The molecule has 0 rings (SSSR count). The van der Waals surface area contributed by atoms with Crippen LogP contribution in [0.3, 0.4) is 0 Å². The standard InChI is InChI=1S/C19H38N4O3/c1-8-13(4)16(24)14(10-9-11-21-18(20)26)22-17(25)15(12(2)3)23-19(5,6)7/h12-15,23H,8-11H2,1-7H3,(H,22,25)(H3,20,21,26). The van der Waals surface area contributed by atoms with Gasteiger partial charge in [-0.2, -0.15) is 0 Å². The molecule has 0 aliphatic carbocycles. The SMILES string of the molecule is CCC(C)C(=O)C(CCCNC(N)=O)NC(=O)C(NC(C)(C)C)C(C)C. The van der Waals surface area contributed by atoms with E-state index in [1.165, 1.54) is 0 Å². The zero-order chi connectivity index (χ0) is 20.5. The number of primary amides is 1. The van der Waals surface area contributed by atoms with Crippen molar-refractivity contribution in [2.75, 3.05) is 6.54 Å². The highest BCUT2D eigenvalue weighted by Gasteiger charge is 2.30. The Bertz CT molecular complexity index is 472. The third-order valence-corrected chi connectivity index (χ3v) is 4.26. The lowest BCUT2D eigenvalue weighted by Crippen LogP contribution is -2.57. The van der Waals surface area contributed by atoms with Gasteiger partial charge in [0.2, 0.25) is 5.91 Å². The summed E-state index contributed by atoms with van der Waals surface area (Å²) in [6.07, 6.45) is 1.75. The number of carbonyl (C=O) groups is 3. The summed E-state index contributed by atoms with van der Waals surface area (Å²) in [5, 5.41) is 8.77. The van der Waals surface area contributed by atoms with Gasteiger partial charge in [-0.05, 0) is 46.0 Å². The van der Waals surface area contributed by atoms with Crippen molar-refractivity contribution in [2.45, 2.75) is 85.4 Å². The van der Waals surface area contributed by atoms with E-state index in [4.69, 9.17) is 5.73 Å². The maximum Gasteiger partial charge on any atom is 0.312 e. The van der Waals surface area contributed by atoms with Gasteiger partial charge in [-0.25, -0.2) is 4.79 Å². The van der Waals surface area contributed by atoms with E-state index in [2.05, 4.69) is 16.0 Å². The van der Waals surface area contributed by atoms with Crippen LogP contribution in [0.1, 0.15) is 67.7 Å². The first-order valence-corrected chi connectivity index (χ1v) is 9.54. The van der Waals surface area contributed by atoms with E-state index < -0.39 is 12.1 Å². The number of amides is 3. The maximum atomic E-state index is 12.8. The van der Waals surface area contributed by atoms with E-state index in [-0.39, 0.29) is 35.1 Å². The molecule has 0 aromatic rings. The van der Waals surface area contributed by atoms with Crippen LogP contribution in [0.25, 0.3) is 0 Å². The molecule has 7 nitrogen and oxygen atoms in total. The van der Waals surface area contributed by atoms with Gasteiger partial charge in [-0.3, -0.25) is 9.59 Å². The maximum absolute atomic E-state index is 12.8. The normalized spacial score (nSPS) is 15.2. The summed E-state index contributed by atoms with van der Waals surface area (Å²) >= 11 is 0. The fourth-order valence-corrected chi connectivity index (χ4v) is 2.61. The predicted molar refractivity (Wildman–Crippen MR) is 105 cm³/mol. The molecule has 0 aromatic carbocycles. The van der Waals surface area contributed by atoms with Crippen LogP contribution in [-0.2, 0) is 9.59 Å². The number of nitrogens with one attached hydrogen (secondary N) is 3. The van der Waals surface area contributed by atoms with Crippen molar-refractivity contribution in [2.24, 2.45) is 17.6 Å². The Hall–Kier alpha value is -1.63. The number of ketones is 1. The molecule has 5 N–H and O–H groups in total. The first-order chi connectivity index (χ1) is 11.9. The van der Waals surface area contributed by atoms with Crippen molar-refractivity contribution >= 4 is 17.7 Å². The molecule has 7 heteroatoms. The summed E-state index contributed by atoms with van der Waals surface area (Å²) in [6, 6.07) is -1.53. The molecule has 0 saturated carbocycles. The second-order valence-corrected chi connectivity index (χ2v) is 8.32. The fraction of sp³-hybridized carbons (Fsp3) is 0.842. The Morgan fingerprint density at radius 2 is 1.65 bits per heavy atom. The minimum absolute atomic E-state index is 0.0261. The number of urea groups is 1. The largest absolute Gasteiger partial charge is 0.352 e. The van der Waals surface area contributed by atoms with E-state index in [9.17, 15) is 14.4 Å². The van der Waals surface area contributed by atoms with Gasteiger partial charge in [0.05, 0.1) is 12.1 Å². The molecule has 0 aliphatic heterocycles. The second kappa shape index (κ2) is 11.2. The van der Waals surface area contributed by atoms with Gasteiger partial charge < -0.3 is 21.7 Å². The Kier molecular flexibility index (Phi) is 10.5. The zero-order valence-corrected chi connectivity index (χ0v) is 17.4. The van der Waals surface area contributed by atoms with Crippen LogP contribution in [0.5, 0.6) is 0 Å². The van der Waals surface area contributed by atoms with Crippen molar-refractivity contribution < 1.29 is 14.4 Å². The van der Waals surface area contributed by atoms with Crippen molar-refractivity contribution in [3.63, 3.8) is 0 Å². The van der Waals surface area contributed by atoms with Gasteiger partial charge in [0.25, 0.3) is 0 Å². The van der Waals surface area contributed by atoms with Gasteiger partial charge in [0, 0.05) is 18.0 Å². The van der Waals surface area contributed by atoms with E-state index in [1.807, 2.05) is 48.5 Å². The van der Waals surface area contributed by atoms with Crippen molar-refractivity contribution in [3.05, 3.63) is 0 Å². The number of carbonyl (C=O) groups excluding carboxylic acids is 3. The van der Waals surface area contributed by atoms with Gasteiger partial charge in [-0.15, -0.1) is 0 Å². The fourth-order valence-electron chi connectivity index (χ4n) is 2.61. The van der Waals surface area contributed by atoms with Crippen LogP contribution >= 0.6 is 0 Å². The van der Waals surface area contributed by atoms with Crippen molar-refractivity contribution in [1.29, 1.82) is 0 Å². The summed E-state index contributed by atoms with van der Waals surface area (Å²) in [7, 11) is 0. The monoisotopic (exact) mass is 370 g/mol. The lowest BCUT2D eigenvalue weighted by Gasteiger charge is -2.32. The minimum atomic E-state index is -0.590. The van der Waals surface area contributed by atoms with Gasteiger partial charge in [-0.1, -0.05) is 27.7 Å². The highest BCUT2D eigenvalue weighted by molar-refractivity contribution is 5.92. The van der Waals surface area contributed by atoms with E-state index in [1.54, 1.807) is 0 Å². The van der Waals surface area contributed by atoms with Crippen molar-refractivity contribution in [3.8, 4) is 0 Å². The average molecular weight is 371 g/mol. The number of hydrogen-bond donors (Lipinski definition) is 4. The topological polar surface area (TPSA) is 113 Å².